The number of hydrogen-bond donors (Lipinski definition) is 2. The van der Waals surface area contributed by atoms with E-state index in [1.807, 2.05) is 37.3 Å². The average Bonchev–Trinajstić information content (AvgIpc) is 2.59. The molecule has 0 spiro atoms. The molecule has 0 radical (unpaired) electrons. The highest BCUT2D eigenvalue weighted by molar-refractivity contribution is 6.06. The number of nitrogens with zero attached hydrogens (tertiary/aromatic N) is 1. The largest absolute Gasteiger partial charge is 0.386 e. The van der Waals surface area contributed by atoms with E-state index in [0.717, 1.165) is 11.1 Å². The van der Waals surface area contributed by atoms with Gasteiger partial charge in [0.25, 0.3) is 5.91 Å². The molecule has 0 atom stereocenters. The van der Waals surface area contributed by atoms with Crippen LogP contribution in [0.4, 0.5) is 5.69 Å². The number of ketones is 1. The van der Waals surface area contributed by atoms with Gasteiger partial charge < -0.3 is 10.6 Å². The van der Waals surface area contributed by atoms with Crippen LogP contribution in [0, 0.1) is 18.3 Å². The van der Waals surface area contributed by atoms with Crippen LogP contribution < -0.4 is 10.6 Å². The molecule has 2 N–H and O–H groups in total. The van der Waals surface area contributed by atoms with Gasteiger partial charge in [-0.25, -0.2) is 0 Å². The maximum atomic E-state index is 12.2. The summed E-state index contributed by atoms with van der Waals surface area (Å²) in [5.41, 5.74) is 3.27. The molecule has 2 rings (SSSR count). The van der Waals surface area contributed by atoms with Gasteiger partial charge in [0.15, 0.2) is 5.78 Å². The van der Waals surface area contributed by atoms with Gasteiger partial charge in [-0.15, -0.1) is 0 Å². The van der Waals surface area contributed by atoms with Crippen LogP contribution in [-0.4, -0.2) is 11.7 Å². The summed E-state index contributed by atoms with van der Waals surface area (Å²) in [6.07, 6.45) is 1.40. The van der Waals surface area contributed by atoms with Crippen LogP contribution in [0.3, 0.4) is 0 Å². The second kappa shape index (κ2) is 8.46. The van der Waals surface area contributed by atoms with Crippen LogP contribution in [0.2, 0.25) is 0 Å². The summed E-state index contributed by atoms with van der Waals surface area (Å²) in [6.45, 7) is 4.00. The third-order valence-electron chi connectivity index (χ3n) is 3.55. The van der Waals surface area contributed by atoms with Crippen molar-refractivity contribution in [2.75, 3.05) is 5.32 Å². The Morgan fingerprint density at radius 3 is 2.48 bits per heavy atom. The average molecular weight is 333 g/mol. The number of carbonyl (C=O) groups excluding carboxylic acids is 2. The number of rotatable bonds is 6. The Morgan fingerprint density at radius 1 is 1.16 bits per heavy atom. The van der Waals surface area contributed by atoms with Crippen LogP contribution in [0.1, 0.15) is 28.4 Å². The van der Waals surface area contributed by atoms with E-state index in [2.05, 4.69) is 10.6 Å². The lowest BCUT2D eigenvalue weighted by atomic mass is 10.1. The first-order chi connectivity index (χ1) is 12.0. The fourth-order valence-corrected chi connectivity index (χ4v) is 2.23. The Kier molecular flexibility index (Phi) is 6.08. The molecule has 0 unspecified atom stereocenters. The zero-order chi connectivity index (χ0) is 18.2. The topological polar surface area (TPSA) is 82.0 Å². The molecule has 5 heteroatoms. The van der Waals surface area contributed by atoms with Gasteiger partial charge in [-0.05, 0) is 43.7 Å². The molecule has 0 aromatic heterocycles. The van der Waals surface area contributed by atoms with Gasteiger partial charge in [-0.1, -0.05) is 29.8 Å². The van der Waals surface area contributed by atoms with Crippen molar-refractivity contribution in [3.05, 3.63) is 77.0 Å². The van der Waals surface area contributed by atoms with Crippen molar-refractivity contribution in [1.29, 1.82) is 5.26 Å². The number of nitriles is 1. The van der Waals surface area contributed by atoms with Gasteiger partial charge in [0.1, 0.15) is 11.6 Å². The predicted molar refractivity (Wildman–Crippen MR) is 96.8 cm³/mol. The zero-order valence-corrected chi connectivity index (χ0v) is 14.2. The summed E-state index contributed by atoms with van der Waals surface area (Å²) in [7, 11) is 0. The van der Waals surface area contributed by atoms with E-state index in [1.54, 1.807) is 24.3 Å². The van der Waals surface area contributed by atoms with Crippen LogP contribution in [0.25, 0.3) is 0 Å². The van der Waals surface area contributed by atoms with Crippen molar-refractivity contribution < 1.29 is 9.59 Å². The highest BCUT2D eigenvalue weighted by Gasteiger charge is 2.09. The molecule has 126 valence electrons. The second-order valence-electron chi connectivity index (χ2n) is 5.63. The first kappa shape index (κ1) is 18.0. The molecule has 0 heterocycles. The summed E-state index contributed by atoms with van der Waals surface area (Å²) in [6, 6.07) is 16.4. The van der Waals surface area contributed by atoms with Crippen molar-refractivity contribution in [2.45, 2.75) is 20.4 Å². The second-order valence-corrected chi connectivity index (χ2v) is 5.63. The van der Waals surface area contributed by atoms with E-state index in [1.165, 1.54) is 13.1 Å². The van der Waals surface area contributed by atoms with Gasteiger partial charge in [0.05, 0.1) is 0 Å². The summed E-state index contributed by atoms with van der Waals surface area (Å²) in [4.78, 5) is 23.4. The van der Waals surface area contributed by atoms with Gasteiger partial charge >= 0.3 is 0 Å². The van der Waals surface area contributed by atoms with Crippen LogP contribution in [0.15, 0.2) is 60.3 Å². The van der Waals surface area contributed by atoms with Crippen molar-refractivity contribution in [3.8, 4) is 6.07 Å². The van der Waals surface area contributed by atoms with Gasteiger partial charge in [0, 0.05) is 24.0 Å². The van der Waals surface area contributed by atoms with Crippen molar-refractivity contribution in [2.24, 2.45) is 0 Å². The highest BCUT2D eigenvalue weighted by atomic mass is 16.1. The molecule has 25 heavy (non-hydrogen) atoms. The maximum absolute atomic E-state index is 12.2. The third-order valence-corrected chi connectivity index (χ3v) is 3.55. The predicted octanol–water partition coefficient (Wildman–Crippen LogP) is 3.33. The van der Waals surface area contributed by atoms with E-state index in [-0.39, 0.29) is 11.4 Å². The molecule has 0 bridgehead atoms. The number of nitrogens with one attached hydrogen (secondary N) is 2. The lowest BCUT2D eigenvalue weighted by Crippen LogP contribution is -2.16. The number of amides is 1. The van der Waals surface area contributed by atoms with E-state index in [0.29, 0.717) is 17.8 Å². The quantitative estimate of drug-likeness (QED) is 0.482. The summed E-state index contributed by atoms with van der Waals surface area (Å²) in [5.74, 6) is -0.550. The van der Waals surface area contributed by atoms with Crippen molar-refractivity contribution >= 4 is 17.4 Å². The van der Waals surface area contributed by atoms with E-state index < -0.39 is 5.91 Å². The molecule has 2 aromatic rings. The standard InChI is InChI=1S/C20H19N3O2/c1-14-4-3-5-16(10-14)12-22-13-18(11-21)20(25)23-19-8-6-17(7-9-19)15(2)24/h3-10,13,22H,12H2,1-2H3,(H,23,25)/b18-13-. The normalized spacial score (nSPS) is 10.7. The minimum absolute atomic E-state index is 0.0247. The van der Waals surface area contributed by atoms with Gasteiger partial charge in [-0.2, -0.15) is 5.26 Å². The monoisotopic (exact) mass is 333 g/mol. The Hall–Kier alpha value is -3.39. The molecule has 0 fully saturated rings. The van der Waals surface area contributed by atoms with E-state index >= 15 is 0 Å². The maximum Gasteiger partial charge on any atom is 0.267 e. The minimum Gasteiger partial charge on any atom is -0.386 e. The van der Waals surface area contributed by atoms with E-state index in [9.17, 15) is 9.59 Å². The Labute approximate surface area is 147 Å². The number of anilines is 1. The molecular formula is C20H19N3O2. The SMILES string of the molecule is CC(=O)c1ccc(NC(=O)/C(C#N)=C\NCc2cccc(C)c2)cc1. The van der Waals surface area contributed by atoms with Crippen LogP contribution in [0.5, 0.6) is 0 Å². The van der Waals surface area contributed by atoms with E-state index in [4.69, 9.17) is 5.26 Å². The van der Waals surface area contributed by atoms with Gasteiger partial charge in [-0.3, -0.25) is 9.59 Å². The summed E-state index contributed by atoms with van der Waals surface area (Å²) >= 11 is 0. The lowest BCUT2D eigenvalue weighted by Gasteiger charge is -2.06. The molecule has 0 aliphatic heterocycles. The smallest absolute Gasteiger partial charge is 0.267 e. The Balaban J connectivity index is 1.97. The Morgan fingerprint density at radius 2 is 1.88 bits per heavy atom. The number of aryl methyl sites for hydroxylation is 1. The Bertz CT molecular complexity index is 846. The minimum atomic E-state index is -0.505. The summed E-state index contributed by atoms with van der Waals surface area (Å²) < 4.78 is 0. The third kappa shape index (κ3) is 5.33. The van der Waals surface area contributed by atoms with Gasteiger partial charge in [0.2, 0.25) is 0 Å². The van der Waals surface area contributed by atoms with Crippen LogP contribution in [-0.2, 0) is 11.3 Å². The number of hydrogen-bond acceptors (Lipinski definition) is 4. The molecule has 2 aromatic carbocycles. The number of benzene rings is 2. The molecule has 5 nitrogen and oxygen atoms in total. The lowest BCUT2D eigenvalue weighted by molar-refractivity contribution is -0.112. The molecule has 0 aliphatic carbocycles. The molecule has 0 saturated carbocycles. The number of Topliss-reactive ketones (excluding diaryl/α,β-unsaturated/α-hetero) is 1. The zero-order valence-electron chi connectivity index (χ0n) is 14.2. The first-order valence-electron chi connectivity index (χ1n) is 7.81. The van der Waals surface area contributed by atoms with Crippen molar-refractivity contribution in [3.63, 3.8) is 0 Å². The van der Waals surface area contributed by atoms with Crippen LogP contribution >= 0.6 is 0 Å². The summed E-state index contributed by atoms with van der Waals surface area (Å²) in [5, 5.41) is 14.8. The first-order valence-corrected chi connectivity index (χ1v) is 7.81. The molecular weight excluding hydrogens is 314 g/mol. The molecule has 0 aliphatic rings. The molecule has 1 amide bonds. The molecule has 0 saturated heterocycles. The fraction of sp³-hybridized carbons (Fsp3) is 0.150. The van der Waals surface area contributed by atoms with Crippen molar-refractivity contribution in [1.82, 2.24) is 5.32 Å². The number of carbonyl (C=O) groups is 2. The highest BCUT2D eigenvalue weighted by Crippen LogP contribution is 2.11. The fourth-order valence-electron chi connectivity index (χ4n) is 2.23.